The van der Waals surface area contributed by atoms with E-state index in [4.69, 9.17) is 9.47 Å². The lowest BCUT2D eigenvalue weighted by Crippen LogP contribution is -2.18. The van der Waals surface area contributed by atoms with Crippen molar-refractivity contribution in [1.29, 1.82) is 0 Å². The van der Waals surface area contributed by atoms with E-state index in [-0.39, 0.29) is 30.0 Å². The lowest BCUT2D eigenvalue weighted by molar-refractivity contribution is -0.142. The van der Waals surface area contributed by atoms with Gasteiger partial charge in [0.1, 0.15) is 5.56 Å². The highest BCUT2D eigenvalue weighted by atomic mass is 16.5. The van der Waals surface area contributed by atoms with Crippen LogP contribution < -0.4 is 5.43 Å². The Labute approximate surface area is 139 Å². The number of nitrogens with one attached hydrogen (secondary N) is 1. The van der Waals surface area contributed by atoms with Gasteiger partial charge >= 0.3 is 11.9 Å². The maximum absolute atomic E-state index is 12.4. The second-order valence-electron chi connectivity index (χ2n) is 4.97. The molecule has 0 radical (unpaired) electrons. The van der Waals surface area contributed by atoms with E-state index in [0.29, 0.717) is 17.5 Å². The van der Waals surface area contributed by atoms with Crippen LogP contribution in [0.2, 0.25) is 0 Å². The lowest BCUT2D eigenvalue weighted by Gasteiger charge is -2.04. The average Bonchev–Trinajstić information content (AvgIpc) is 2.56. The molecule has 2 aromatic rings. The van der Waals surface area contributed by atoms with E-state index >= 15 is 0 Å². The van der Waals surface area contributed by atoms with Gasteiger partial charge in [0.05, 0.1) is 19.6 Å². The van der Waals surface area contributed by atoms with Gasteiger partial charge in [0.2, 0.25) is 5.43 Å². The summed E-state index contributed by atoms with van der Waals surface area (Å²) in [5, 5.41) is 0.388. The number of aromatic nitrogens is 1. The van der Waals surface area contributed by atoms with Crippen LogP contribution in [0.5, 0.6) is 0 Å². The molecule has 0 atom stereocenters. The highest BCUT2D eigenvalue weighted by Crippen LogP contribution is 2.13. The average molecular weight is 329 g/mol. The molecular weight excluding hydrogens is 310 g/mol. The summed E-state index contributed by atoms with van der Waals surface area (Å²) in [7, 11) is 0. The third kappa shape index (κ3) is 4.10. The quantitative estimate of drug-likeness (QED) is 0.824. The highest BCUT2D eigenvalue weighted by Gasteiger charge is 2.13. The number of benzene rings is 1. The Kier molecular flexibility index (Phi) is 5.89. The van der Waals surface area contributed by atoms with E-state index in [1.165, 1.54) is 6.20 Å². The smallest absolute Gasteiger partial charge is 0.343 e. The number of aromatic amines is 1. The topological polar surface area (TPSA) is 85.5 Å². The summed E-state index contributed by atoms with van der Waals surface area (Å²) < 4.78 is 9.72. The number of pyridine rings is 1. The zero-order valence-electron chi connectivity index (χ0n) is 13.6. The number of carbonyl (C=O) groups is 2. The molecule has 0 fully saturated rings. The van der Waals surface area contributed by atoms with E-state index < -0.39 is 5.97 Å². The van der Waals surface area contributed by atoms with Gasteiger partial charge in [0.15, 0.2) is 0 Å². The van der Waals surface area contributed by atoms with E-state index in [9.17, 15) is 14.4 Å². The minimum absolute atomic E-state index is 0.0306. The maximum Gasteiger partial charge on any atom is 0.343 e. The van der Waals surface area contributed by atoms with Crippen LogP contribution in [0.4, 0.5) is 0 Å². The van der Waals surface area contributed by atoms with Gasteiger partial charge in [-0.25, -0.2) is 4.79 Å². The first kappa shape index (κ1) is 17.5. The van der Waals surface area contributed by atoms with Gasteiger partial charge in [-0.05, 0) is 31.5 Å². The molecule has 0 bridgehead atoms. The number of carbonyl (C=O) groups excluding carboxylic acids is 2. The molecular formula is C18H19NO5. The minimum atomic E-state index is -0.649. The molecule has 6 nitrogen and oxygen atoms in total. The fourth-order valence-corrected chi connectivity index (χ4v) is 2.21. The van der Waals surface area contributed by atoms with Crippen molar-refractivity contribution in [1.82, 2.24) is 4.98 Å². The van der Waals surface area contributed by atoms with Crippen molar-refractivity contribution in [3.05, 3.63) is 51.8 Å². The molecule has 24 heavy (non-hydrogen) atoms. The summed E-state index contributed by atoms with van der Waals surface area (Å²) in [6, 6.07) is 5.22. The first-order valence-corrected chi connectivity index (χ1v) is 7.71. The van der Waals surface area contributed by atoms with Gasteiger partial charge in [-0.15, -0.1) is 0 Å². The number of hydrogen-bond donors (Lipinski definition) is 1. The van der Waals surface area contributed by atoms with Crippen LogP contribution >= 0.6 is 0 Å². The molecule has 0 saturated heterocycles. The summed E-state index contributed by atoms with van der Waals surface area (Å²) in [5.41, 5.74) is 0.953. The Morgan fingerprint density at radius 2 is 1.92 bits per heavy atom. The zero-order chi connectivity index (χ0) is 17.5. The van der Waals surface area contributed by atoms with Gasteiger partial charge in [-0.2, -0.15) is 0 Å². The Morgan fingerprint density at radius 1 is 1.17 bits per heavy atom. The molecule has 0 aliphatic carbocycles. The number of H-pyrrole nitrogens is 1. The van der Waals surface area contributed by atoms with Crippen molar-refractivity contribution in [3.63, 3.8) is 0 Å². The molecule has 0 aliphatic heterocycles. The number of rotatable bonds is 6. The molecule has 0 unspecified atom stereocenters. The minimum Gasteiger partial charge on any atom is -0.466 e. The molecule has 126 valence electrons. The Morgan fingerprint density at radius 3 is 2.62 bits per heavy atom. The van der Waals surface area contributed by atoms with Gasteiger partial charge in [0.25, 0.3) is 0 Å². The molecule has 0 aliphatic rings. The van der Waals surface area contributed by atoms with E-state index in [1.807, 2.05) is 6.07 Å². The van der Waals surface area contributed by atoms with Gasteiger partial charge < -0.3 is 14.5 Å². The van der Waals surface area contributed by atoms with Crippen molar-refractivity contribution in [2.45, 2.75) is 20.3 Å². The number of fused-ring (bicyclic) bond motifs is 1. The number of hydrogen-bond acceptors (Lipinski definition) is 5. The molecule has 1 heterocycles. The molecule has 1 aromatic carbocycles. The van der Waals surface area contributed by atoms with Crippen molar-refractivity contribution in [2.24, 2.45) is 0 Å². The first-order valence-electron chi connectivity index (χ1n) is 7.71. The number of ether oxygens (including phenoxy) is 2. The molecule has 1 aromatic heterocycles. The molecule has 1 N–H and O–H groups in total. The molecule has 0 spiro atoms. The zero-order valence-corrected chi connectivity index (χ0v) is 13.6. The van der Waals surface area contributed by atoms with Crippen LogP contribution in [0.3, 0.4) is 0 Å². The second-order valence-corrected chi connectivity index (χ2v) is 4.97. The molecule has 0 saturated carbocycles. The SMILES string of the molecule is CCOC(=O)CC=Cc1ccc2[nH]cc(C(=O)OCC)c(=O)c2c1. The molecule has 6 heteroatoms. The van der Waals surface area contributed by atoms with Crippen molar-refractivity contribution < 1.29 is 19.1 Å². The highest BCUT2D eigenvalue weighted by molar-refractivity contribution is 5.94. The third-order valence-corrected chi connectivity index (χ3v) is 3.30. The van der Waals surface area contributed by atoms with E-state index in [0.717, 1.165) is 5.56 Å². The monoisotopic (exact) mass is 329 g/mol. The van der Waals surface area contributed by atoms with Gasteiger partial charge in [-0.3, -0.25) is 9.59 Å². The summed E-state index contributed by atoms with van der Waals surface area (Å²) >= 11 is 0. The van der Waals surface area contributed by atoms with Crippen LogP contribution in [0.25, 0.3) is 17.0 Å². The predicted molar refractivity (Wildman–Crippen MR) is 90.8 cm³/mol. The first-order chi connectivity index (χ1) is 11.6. The Balaban J connectivity index is 2.30. The van der Waals surface area contributed by atoms with Crippen LogP contribution in [-0.2, 0) is 14.3 Å². The number of esters is 2. The Hall–Kier alpha value is -2.89. The van der Waals surface area contributed by atoms with Crippen LogP contribution in [-0.4, -0.2) is 30.1 Å². The summed E-state index contributed by atoms with van der Waals surface area (Å²) in [6.45, 7) is 3.97. The molecule has 0 amide bonds. The predicted octanol–water partition coefficient (Wildman–Crippen LogP) is 2.67. The standard InChI is InChI=1S/C18H19NO5/c1-3-23-16(20)7-5-6-12-8-9-15-13(10-12)17(21)14(11-19-15)18(22)24-4-2/h5-6,8-11H,3-4,7H2,1-2H3,(H,19,21). The molecule has 2 rings (SSSR count). The lowest BCUT2D eigenvalue weighted by atomic mass is 10.1. The normalized spacial score (nSPS) is 10.9. The third-order valence-electron chi connectivity index (χ3n) is 3.30. The summed E-state index contributed by atoms with van der Waals surface area (Å²) in [5.74, 6) is -0.958. The van der Waals surface area contributed by atoms with Crippen molar-refractivity contribution in [2.75, 3.05) is 13.2 Å². The van der Waals surface area contributed by atoms with Crippen LogP contribution in [0.1, 0.15) is 36.2 Å². The van der Waals surface area contributed by atoms with Crippen molar-refractivity contribution >= 4 is 28.9 Å². The summed E-state index contributed by atoms with van der Waals surface area (Å²) in [6.07, 6.45) is 4.92. The van der Waals surface area contributed by atoms with Crippen molar-refractivity contribution in [3.8, 4) is 0 Å². The Bertz CT molecular complexity index is 835. The summed E-state index contributed by atoms with van der Waals surface area (Å²) in [4.78, 5) is 38.5. The fourth-order valence-electron chi connectivity index (χ4n) is 2.21. The van der Waals surface area contributed by atoms with Gasteiger partial charge in [0, 0.05) is 17.1 Å². The fraction of sp³-hybridized carbons (Fsp3) is 0.278. The van der Waals surface area contributed by atoms with Crippen LogP contribution in [0, 0.1) is 0 Å². The van der Waals surface area contributed by atoms with E-state index in [2.05, 4.69) is 4.98 Å². The maximum atomic E-state index is 12.4. The largest absolute Gasteiger partial charge is 0.466 e. The van der Waals surface area contributed by atoms with Crippen LogP contribution in [0.15, 0.2) is 35.3 Å². The van der Waals surface area contributed by atoms with Gasteiger partial charge in [-0.1, -0.05) is 18.2 Å². The van der Waals surface area contributed by atoms with E-state index in [1.54, 1.807) is 38.1 Å². The second kappa shape index (κ2) is 8.10.